The Morgan fingerprint density at radius 2 is 1.89 bits per heavy atom. The molecule has 3 rings (SSSR count). The van der Waals surface area contributed by atoms with Crippen molar-refractivity contribution in [3.8, 4) is 0 Å². The van der Waals surface area contributed by atoms with Crippen molar-refractivity contribution in [3.05, 3.63) is 82.4 Å². The van der Waals surface area contributed by atoms with Gasteiger partial charge < -0.3 is 10.2 Å². The molecule has 144 valence electrons. The van der Waals surface area contributed by atoms with Crippen molar-refractivity contribution in [1.82, 2.24) is 14.9 Å². The zero-order valence-corrected chi connectivity index (χ0v) is 17.0. The molecular weight excluding hydrogens is 372 g/mol. The van der Waals surface area contributed by atoms with Crippen LogP contribution in [0.1, 0.15) is 27.2 Å². The largest absolute Gasteiger partial charge is 0.353 e. The smallest absolute Gasteiger partial charge is 0.272 e. The van der Waals surface area contributed by atoms with Crippen molar-refractivity contribution in [2.75, 3.05) is 18.9 Å². The van der Waals surface area contributed by atoms with Crippen molar-refractivity contribution in [3.63, 3.8) is 0 Å². The molecule has 0 saturated heterocycles. The van der Waals surface area contributed by atoms with Crippen LogP contribution in [-0.2, 0) is 6.42 Å². The molecule has 0 aliphatic rings. The summed E-state index contributed by atoms with van der Waals surface area (Å²) >= 11 is 6.35. The third kappa shape index (κ3) is 4.87. The van der Waals surface area contributed by atoms with Crippen LogP contribution in [0, 0.1) is 13.8 Å². The Morgan fingerprint density at radius 1 is 1.14 bits per heavy atom. The maximum absolute atomic E-state index is 12.6. The van der Waals surface area contributed by atoms with E-state index in [1.54, 1.807) is 36.6 Å². The number of benzene rings is 1. The highest BCUT2D eigenvalue weighted by molar-refractivity contribution is 6.33. The molecule has 5 nitrogen and oxygen atoms in total. The number of halogens is 1. The van der Waals surface area contributed by atoms with E-state index in [0.29, 0.717) is 17.3 Å². The first-order valence-electron chi connectivity index (χ1n) is 9.08. The Hall–Kier alpha value is -2.92. The number of hydrogen-bond donors (Lipinski definition) is 1. The molecule has 0 radical (unpaired) electrons. The van der Waals surface area contributed by atoms with Gasteiger partial charge in [-0.2, -0.15) is 0 Å². The Balaban J connectivity index is 1.64. The van der Waals surface area contributed by atoms with Gasteiger partial charge in [-0.25, -0.2) is 4.98 Å². The monoisotopic (exact) mass is 394 g/mol. The number of anilines is 2. The molecule has 6 heteroatoms. The number of amides is 1. The molecular formula is C22H23ClN4O. The van der Waals surface area contributed by atoms with E-state index in [2.05, 4.69) is 21.4 Å². The van der Waals surface area contributed by atoms with E-state index < -0.39 is 0 Å². The lowest BCUT2D eigenvalue weighted by atomic mass is 10.1. The molecule has 0 aliphatic heterocycles. The number of carbonyl (C=O) groups excluding carboxylic acids is 1. The van der Waals surface area contributed by atoms with Crippen molar-refractivity contribution < 1.29 is 4.79 Å². The van der Waals surface area contributed by atoms with Gasteiger partial charge in [0, 0.05) is 26.0 Å². The molecule has 0 atom stereocenters. The number of pyridine rings is 2. The molecule has 3 aromatic rings. The van der Waals surface area contributed by atoms with Crippen molar-refractivity contribution in [2.45, 2.75) is 20.3 Å². The Labute approximate surface area is 170 Å². The molecule has 28 heavy (non-hydrogen) atoms. The Bertz CT molecular complexity index is 935. The van der Waals surface area contributed by atoms with Crippen molar-refractivity contribution in [1.29, 1.82) is 0 Å². The number of aromatic nitrogens is 2. The predicted molar refractivity (Wildman–Crippen MR) is 113 cm³/mol. The first-order chi connectivity index (χ1) is 13.4. The van der Waals surface area contributed by atoms with Crippen LogP contribution in [0.3, 0.4) is 0 Å². The van der Waals surface area contributed by atoms with Gasteiger partial charge in [0.2, 0.25) is 0 Å². The third-order valence-corrected chi connectivity index (χ3v) is 4.81. The summed E-state index contributed by atoms with van der Waals surface area (Å²) < 4.78 is 0. The van der Waals surface area contributed by atoms with Gasteiger partial charge >= 0.3 is 0 Å². The Kier molecular flexibility index (Phi) is 6.26. The summed E-state index contributed by atoms with van der Waals surface area (Å²) in [4.78, 5) is 22.6. The molecule has 0 fully saturated rings. The lowest BCUT2D eigenvalue weighted by Gasteiger charge is -2.17. The van der Waals surface area contributed by atoms with Crippen LogP contribution in [-0.4, -0.2) is 34.4 Å². The standard InChI is InChI=1S/C22H23ClN4O/c1-15-12-16(2)21(19(23)13-15)26-18-4-5-20(25-14-18)22(28)27(3)11-8-17-6-9-24-10-7-17/h4-7,9-10,12-14,26H,8,11H2,1-3H3. The highest BCUT2D eigenvalue weighted by Gasteiger charge is 2.13. The summed E-state index contributed by atoms with van der Waals surface area (Å²) in [5.74, 6) is -0.106. The van der Waals surface area contributed by atoms with Gasteiger partial charge in [0.25, 0.3) is 5.91 Å². The van der Waals surface area contributed by atoms with Crippen LogP contribution in [0.5, 0.6) is 0 Å². The van der Waals surface area contributed by atoms with Crippen LogP contribution >= 0.6 is 11.6 Å². The van der Waals surface area contributed by atoms with Gasteiger partial charge in [-0.15, -0.1) is 0 Å². The van der Waals surface area contributed by atoms with Gasteiger partial charge in [-0.05, 0) is 67.3 Å². The van der Waals surface area contributed by atoms with E-state index >= 15 is 0 Å². The topological polar surface area (TPSA) is 58.1 Å². The molecule has 0 spiro atoms. The van der Waals surface area contributed by atoms with Gasteiger partial charge in [0.15, 0.2) is 0 Å². The van der Waals surface area contributed by atoms with Gasteiger partial charge in [0.05, 0.1) is 22.6 Å². The summed E-state index contributed by atoms with van der Waals surface area (Å²) in [6.45, 7) is 4.63. The fourth-order valence-electron chi connectivity index (χ4n) is 2.96. The lowest BCUT2D eigenvalue weighted by Crippen LogP contribution is -2.29. The number of carbonyl (C=O) groups is 1. The summed E-state index contributed by atoms with van der Waals surface area (Å²) in [5, 5.41) is 3.95. The number of nitrogens with one attached hydrogen (secondary N) is 1. The average molecular weight is 395 g/mol. The first-order valence-corrected chi connectivity index (χ1v) is 9.46. The molecule has 1 aromatic carbocycles. The maximum atomic E-state index is 12.6. The fraction of sp³-hybridized carbons (Fsp3) is 0.227. The summed E-state index contributed by atoms with van der Waals surface area (Å²) in [5.41, 5.74) is 5.36. The molecule has 2 aromatic heterocycles. The van der Waals surface area contributed by atoms with Crippen LogP contribution in [0.15, 0.2) is 55.0 Å². The minimum Gasteiger partial charge on any atom is -0.353 e. The molecule has 0 saturated carbocycles. The molecule has 1 N–H and O–H groups in total. The van der Waals surface area contributed by atoms with Gasteiger partial charge in [0.1, 0.15) is 5.69 Å². The fourth-order valence-corrected chi connectivity index (χ4v) is 3.32. The summed E-state index contributed by atoms with van der Waals surface area (Å²) in [6.07, 6.45) is 5.94. The molecule has 0 aliphatic carbocycles. The number of rotatable bonds is 6. The minimum absolute atomic E-state index is 0.106. The second-order valence-electron chi connectivity index (χ2n) is 6.83. The number of hydrogen-bond acceptors (Lipinski definition) is 4. The highest BCUT2D eigenvalue weighted by atomic mass is 35.5. The van der Waals surface area contributed by atoms with Gasteiger partial charge in [-0.3, -0.25) is 9.78 Å². The highest BCUT2D eigenvalue weighted by Crippen LogP contribution is 2.30. The van der Waals surface area contributed by atoms with E-state index in [1.807, 2.05) is 38.1 Å². The second kappa shape index (κ2) is 8.85. The third-order valence-electron chi connectivity index (χ3n) is 4.52. The maximum Gasteiger partial charge on any atom is 0.272 e. The van der Waals surface area contributed by atoms with Gasteiger partial charge in [-0.1, -0.05) is 17.7 Å². The lowest BCUT2D eigenvalue weighted by molar-refractivity contribution is 0.0791. The van der Waals surface area contributed by atoms with Crippen LogP contribution in [0.4, 0.5) is 11.4 Å². The molecule has 2 heterocycles. The van der Waals surface area contributed by atoms with Crippen LogP contribution in [0.2, 0.25) is 5.02 Å². The van der Waals surface area contributed by atoms with E-state index in [0.717, 1.165) is 34.5 Å². The quantitative estimate of drug-likeness (QED) is 0.652. The summed E-state index contributed by atoms with van der Waals surface area (Å²) in [6, 6.07) is 11.5. The van der Waals surface area contributed by atoms with Crippen LogP contribution in [0.25, 0.3) is 0 Å². The SMILES string of the molecule is Cc1cc(C)c(Nc2ccc(C(=O)N(C)CCc3ccncc3)nc2)c(Cl)c1. The molecule has 0 unspecified atom stereocenters. The molecule has 1 amide bonds. The average Bonchev–Trinajstić information content (AvgIpc) is 2.69. The first kappa shape index (κ1) is 19.8. The van der Waals surface area contributed by atoms with E-state index in [1.165, 1.54) is 0 Å². The van der Waals surface area contributed by atoms with E-state index in [4.69, 9.17) is 11.6 Å². The summed E-state index contributed by atoms with van der Waals surface area (Å²) in [7, 11) is 1.78. The minimum atomic E-state index is -0.106. The number of nitrogens with zero attached hydrogens (tertiary/aromatic N) is 3. The van der Waals surface area contributed by atoms with Crippen LogP contribution < -0.4 is 5.32 Å². The Morgan fingerprint density at radius 3 is 2.54 bits per heavy atom. The predicted octanol–water partition coefficient (Wildman–Crippen LogP) is 4.81. The number of likely N-dealkylation sites (N-methyl/N-ethyl adjacent to an activating group) is 1. The zero-order valence-electron chi connectivity index (χ0n) is 16.2. The number of aryl methyl sites for hydroxylation is 2. The zero-order chi connectivity index (χ0) is 20.1. The van der Waals surface area contributed by atoms with Crippen molar-refractivity contribution in [2.24, 2.45) is 0 Å². The normalized spacial score (nSPS) is 10.6. The molecule has 0 bridgehead atoms. The van der Waals surface area contributed by atoms with Crippen molar-refractivity contribution >= 4 is 28.9 Å². The second-order valence-corrected chi connectivity index (χ2v) is 7.24. The van der Waals surface area contributed by atoms with E-state index in [-0.39, 0.29) is 5.91 Å². The van der Waals surface area contributed by atoms with E-state index in [9.17, 15) is 4.79 Å².